The van der Waals surface area contributed by atoms with E-state index in [1.165, 1.54) is 29.6 Å². The van der Waals surface area contributed by atoms with Crippen LogP contribution in [0.5, 0.6) is 0 Å². The molecule has 0 saturated carbocycles. The highest BCUT2D eigenvalue weighted by Gasteiger charge is 2.11. The summed E-state index contributed by atoms with van der Waals surface area (Å²) in [7, 11) is 1.59. The zero-order chi connectivity index (χ0) is 14.5. The van der Waals surface area contributed by atoms with Gasteiger partial charge in [-0.3, -0.25) is 5.10 Å². The minimum absolute atomic E-state index is 0.0852. The van der Waals surface area contributed by atoms with Gasteiger partial charge in [0, 0.05) is 7.05 Å². The first-order valence-corrected chi connectivity index (χ1v) is 5.62. The Balaban J connectivity index is 1.95. The molecule has 104 valence electrons. The Labute approximate surface area is 113 Å². The number of carboxylic acid groups (broad SMARTS) is 1. The zero-order valence-corrected chi connectivity index (χ0v) is 10.6. The van der Waals surface area contributed by atoms with Crippen LogP contribution in [0.25, 0.3) is 0 Å². The van der Waals surface area contributed by atoms with Crippen LogP contribution in [0.15, 0.2) is 24.7 Å². The molecule has 2 aromatic heterocycles. The van der Waals surface area contributed by atoms with Gasteiger partial charge in [0.05, 0.1) is 18.4 Å². The Morgan fingerprint density at radius 3 is 2.75 bits per heavy atom. The van der Waals surface area contributed by atoms with E-state index >= 15 is 0 Å². The Kier molecular flexibility index (Phi) is 3.89. The second-order valence-corrected chi connectivity index (χ2v) is 3.96. The molecule has 0 aromatic carbocycles. The smallest absolute Gasteiger partial charge is 0.354 e. The summed E-state index contributed by atoms with van der Waals surface area (Å²) in [4.78, 5) is 31.5. The van der Waals surface area contributed by atoms with Gasteiger partial charge < -0.3 is 15.3 Å². The van der Waals surface area contributed by atoms with Gasteiger partial charge in [-0.15, -0.1) is 0 Å². The third kappa shape index (κ3) is 3.28. The lowest BCUT2D eigenvalue weighted by atomic mass is 10.3. The molecular weight excluding hydrogens is 264 g/mol. The molecule has 0 spiro atoms. The van der Waals surface area contributed by atoms with Crippen molar-refractivity contribution in [2.75, 3.05) is 12.4 Å². The number of pyridine rings is 1. The SMILES string of the molecule is CN(Cc1ncn[nH]1)C(=O)Nc1ccc(C(=O)O)nc1. The highest BCUT2D eigenvalue weighted by atomic mass is 16.4. The highest BCUT2D eigenvalue weighted by Crippen LogP contribution is 2.07. The summed E-state index contributed by atoms with van der Waals surface area (Å²) in [6.07, 6.45) is 2.64. The van der Waals surface area contributed by atoms with Gasteiger partial charge in [0.25, 0.3) is 0 Å². The maximum absolute atomic E-state index is 11.9. The van der Waals surface area contributed by atoms with E-state index in [1.54, 1.807) is 7.05 Å². The van der Waals surface area contributed by atoms with E-state index < -0.39 is 5.97 Å². The zero-order valence-electron chi connectivity index (χ0n) is 10.6. The average Bonchev–Trinajstić information content (AvgIpc) is 2.92. The lowest BCUT2D eigenvalue weighted by Gasteiger charge is -2.16. The minimum Gasteiger partial charge on any atom is -0.477 e. The van der Waals surface area contributed by atoms with Crippen LogP contribution >= 0.6 is 0 Å². The van der Waals surface area contributed by atoms with Crippen molar-refractivity contribution < 1.29 is 14.7 Å². The molecule has 20 heavy (non-hydrogen) atoms. The number of H-pyrrole nitrogens is 1. The molecule has 0 aliphatic rings. The number of carbonyl (C=O) groups excluding carboxylic acids is 1. The van der Waals surface area contributed by atoms with E-state index in [9.17, 15) is 9.59 Å². The number of amides is 2. The third-order valence-corrected chi connectivity index (χ3v) is 2.43. The first-order valence-electron chi connectivity index (χ1n) is 5.62. The monoisotopic (exact) mass is 276 g/mol. The maximum Gasteiger partial charge on any atom is 0.354 e. The van der Waals surface area contributed by atoms with Crippen LogP contribution in [0.1, 0.15) is 16.3 Å². The van der Waals surface area contributed by atoms with Gasteiger partial charge in [-0.1, -0.05) is 0 Å². The van der Waals surface area contributed by atoms with Crippen LogP contribution in [-0.4, -0.2) is 49.2 Å². The van der Waals surface area contributed by atoms with Crippen molar-refractivity contribution in [1.82, 2.24) is 25.1 Å². The lowest BCUT2D eigenvalue weighted by molar-refractivity contribution is 0.0690. The minimum atomic E-state index is -1.12. The first kappa shape index (κ1) is 13.5. The Morgan fingerprint density at radius 2 is 2.20 bits per heavy atom. The third-order valence-electron chi connectivity index (χ3n) is 2.43. The molecule has 0 unspecified atom stereocenters. The first-order chi connectivity index (χ1) is 9.56. The van der Waals surface area contributed by atoms with Crippen molar-refractivity contribution >= 4 is 17.7 Å². The Hall–Kier alpha value is -2.97. The van der Waals surface area contributed by atoms with Crippen molar-refractivity contribution in [3.63, 3.8) is 0 Å². The number of hydrogen-bond acceptors (Lipinski definition) is 5. The van der Waals surface area contributed by atoms with E-state index in [4.69, 9.17) is 5.11 Å². The largest absolute Gasteiger partial charge is 0.477 e. The molecule has 2 aromatic rings. The molecule has 2 amide bonds. The topological polar surface area (TPSA) is 124 Å². The quantitative estimate of drug-likeness (QED) is 0.749. The normalized spacial score (nSPS) is 10.1. The summed E-state index contributed by atoms with van der Waals surface area (Å²) in [6, 6.07) is 2.41. The molecule has 0 radical (unpaired) electrons. The van der Waals surface area contributed by atoms with E-state index in [1.807, 2.05) is 0 Å². The number of anilines is 1. The van der Waals surface area contributed by atoms with Crippen molar-refractivity contribution in [1.29, 1.82) is 0 Å². The summed E-state index contributed by atoms with van der Waals surface area (Å²) in [6.45, 7) is 0.270. The van der Waals surface area contributed by atoms with Crippen molar-refractivity contribution in [3.05, 3.63) is 36.2 Å². The summed E-state index contributed by atoms with van der Waals surface area (Å²) in [5, 5.41) is 17.6. The molecule has 0 aliphatic carbocycles. The fourth-order valence-corrected chi connectivity index (χ4v) is 1.42. The number of carbonyl (C=O) groups is 2. The molecule has 0 bridgehead atoms. The van der Waals surface area contributed by atoms with Gasteiger partial charge in [-0.05, 0) is 12.1 Å². The number of aromatic nitrogens is 4. The molecule has 9 heteroatoms. The van der Waals surface area contributed by atoms with Gasteiger partial charge in [-0.25, -0.2) is 19.6 Å². The van der Waals surface area contributed by atoms with Crippen molar-refractivity contribution in [3.8, 4) is 0 Å². The van der Waals surface area contributed by atoms with Crippen LogP contribution in [-0.2, 0) is 6.54 Å². The Bertz CT molecular complexity index is 595. The molecule has 3 N–H and O–H groups in total. The number of nitrogens with one attached hydrogen (secondary N) is 2. The number of nitrogens with zero attached hydrogens (tertiary/aromatic N) is 4. The molecule has 2 rings (SSSR count). The average molecular weight is 276 g/mol. The number of urea groups is 1. The highest BCUT2D eigenvalue weighted by molar-refractivity contribution is 5.90. The number of rotatable bonds is 4. The molecule has 0 saturated heterocycles. The van der Waals surface area contributed by atoms with Gasteiger partial charge in [0.1, 0.15) is 17.8 Å². The van der Waals surface area contributed by atoms with E-state index in [0.29, 0.717) is 11.5 Å². The molecule has 0 aliphatic heterocycles. The number of carboxylic acids is 1. The van der Waals surface area contributed by atoms with Gasteiger partial charge in [-0.2, -0.15) is 5.10 Å². The van der Waals surface area contributed by atoms with Crippen molar-refractivity contribution in [2.24, 2.45) is 0 Å². The molecule has 0 fully saturated rings. The number of aromatic amines is 1. The summed E-state index contributed by atoms with van der Waals surface area (Å²) >= 11 is 0. The van der Waals surface area contributed by atoms with Crippen LogP contribution in [0.3, 0.4) is 0 Å². The Morgan fingerprint density at radius 1 is 1.40 bits per heavy atom. The summed E-state index contributed by atoms with van der Waals surface area (Å²) in [5.41, 5.74) is 0.322. The number of aromatic carboxylic acids is 1. The molecule has 9 nitrogen and oxygen atoms in total. The van der Waals surface area contributed by atoms with Crippen LogP contribution in [0.4, 0.5) is 10.5 Å². The summed E-state index contributed by atoms with van der Waals surface area (Å²) < 4.78 is 0. The van der Waals surface area contributed by atoms with E-state index in [2.05, 4.69) is 25.5 Å². The standard InChI is InChI=1S/C11H12N6O3/c1-17(5-9-13-6-14-16-9)11(20)15-7-2-3-8(10(18)19)12-4-7/h2-4,6H,5H2,1H3,(H,15,20)(H,18,19)(H,13,14,16). The van der Waals surface area contributed by atoms with E-state index in [-0.39, 0.29) is 18.3 Å². The van der Waals surface area contributed by atoms with Gasteiger partial charge in [0.2, 0.25) is 0 Å². The second-order valence-electron chi connectivity index (χ2n) is 3.96. The van der Waals surface area contributed by atoms with Crippen LogP contribution in [0, 0.1) is 0 Å². The maximum atomic E-state index is 11.9. The molecule has 0 atom stereocenters. The molecule has 2 heterocycles. The predicted octanol–water partition coefficient (Wildman–Crippen LogP) is 0.562. The summed E-state index contributed by atoms with van der Waals surface area (Å²) in [5.74, 6) is -0.563. The van der Waals surface area contributed by atoms with Crippen molar-refractivity contribution in [2.45, 2.75) is 6.54 Å². The fraction of sp³-hybridized carbons (Fsp3) is 0.182. The van der Waals surface area contributed by atoms with Gasteiger partial charge in [0.15, 0.2) is 0 Å². The predicted molar refractivity (Wildman–Crippen MR) is 68.1 cm³/mol. The molecular formula is C11H12N6O3. The second kappa shape index (κ2) is 5.78. The lowest BCUT2D eigenvalue weighted by Crippen LogP contribution is -2.31. The number of hydrogen-bond donors (Lipinski definition) is 3. The van der Waals surface area contributed by atoms with Crippen LogP contribution < -0.4 is 5.32 Å². The van der Waals surface area contributed by atoms with E-state index in [0.717, 1.165) is 0 Å². The van der Waals surface area contributed by atoms with Gasteiger partial charge >= 0.3 is 12.0 Å². The van der Waals surface area contributed by atoms with Crippen LogP contribution in [0.2, 0.25) is 0 Å². The fourth-order valence-electron chi connectivity index (χ4n) is 1.42.